The van der Waals surface area contributed by atoms with Crippen LogP contribution in [0.3, 0.4) is 0 Å². The second kappa shape index (κ2) is 8.22. The first-order valence-corrected chi connectivity index (χ1v) is 9.00. The Morgan fingerprint density at radius 2 is 1.79 bits per heavy atom. The molecular formula is C20H19ClN4O3. The molecular weight excluding hydrogens is 380 g/mol. The third-order valence-electron chi connectivity index (χ3n) is 4.25. The van der Waals surface area contributed by atoms with Gasteiger partial charge >= 0.3 is 11.6 Å². The van der Waals surface area contributed by atoms with Crippen LogP contribution in [0.1, 0.15) is 29.7 Å². The second-order valence-electron chi connectivity index (χ2n) is 6.38. The molecule has 0 aliphatic rings. The molecule has 0 spiro atoms. The Labute approximate surface area is 167 Å². The number of aromatic nitrogens is 2. The maximum atomic E-state index is 11.7. The lowest BCUT2D eigenvalue weighted by Crippen LogP contribution is -2.11. The monoisotopic (exact) mass is 398 g/mol. The van der Waals surface area contributed by atoms with E-state index in [2.05, 4.69) is 15.3 Å². The Hall–Kier alpha value is -3.19. The average Bonchev–Trinajstić information content (AvgIpc) is 2.66. The van der Waals surface area contributed by atoms with Gasteiger partial charge in [-0.05, 0) is 49.6 Å². The molecule has 1 unspecified atom stereocenters. The van der Waals surface area contributed by atoms with Crippen molar-refractivity contribution in [3.05, 3.63) is 80.6 Å². The van der Waals surface area contributed by atoms with Gasteiger partial charge in [-0.1, -0.05) is 41.9 Å². The van der Waals surface area contributed by atoms with Gasteiger partial charge < -0.3 is 10.1 Å². The number of benzene rings is 2. The molecule has 1 aromatic heterocycles. The first kappa shape index (κ1) is 19.6. The number of nitrogens with one attached hydrogen (secondary N) is 1. The van der Waals surface area contributed by atoms with Gasteiger partial charge in [0.25, 0.3) is 0 Å². The predicted octanol–water partition coefficient (Wildman–Crippen LogP) is 5.62. The van der Waals surface area contributed by atoms with E-state index in [1.165, 1.54) is 6.33 Å². The number of halogens is 1. The van der Waals surface area contributed by atoms with E-state index >= 15 is 0 Å². The Bertz CT molecular complexity index is 989. The fraction of sp³-hybridized carbons (Fsp3) is 0.200. The molecule has 28 heavy (non-hydrogen) atoms. The van der Waals surface area contributed by atoms with Gasteiger partial charge in [-0.15, -0.1) is 0 Å². The van der Waals surface area contributed by atoms with E-state index < -0.39 is 4.92 Å². The Morgan fingerprint density at radius 1 is 1.14 bits per heavy atom. The lowest BCUT2D eigenvalue weighted by atomic mass is 10.1. The van der Waals surface area contributed by atoms with Gasteiger partial charge in [0.15, 0.2) is 0 Å². The summed E-state index contributed by atoms with van der Waals surface area (Å²) in [6.07, 6.45) is 1.23. The lowest BCUT2D eigenvalue weighted by molar-refractivity contribution is -0.385. The minimum absolute atomic E-state index is 0.0914. The van der Waals surface area contributed by atoms with E-state index in [0.717, 1.165) is 16.7 Å². The van der Waals surface area contributed by atoms with Crippen molar-refractivity contribution in [2.45, 2.75) is 26.8 Å². The Morgan fingerprint density at radius 3 is 2.39 bits per heavy atom. The number of hydrogen-bond donors (Lipinski definition) is 1. The quantitative estimate of drug-likeness (QED) is 0.428. The first-order valence-electron chi connectivity index (χ1n) is 8.62. The minimum Gasteiger partial charge on any atom is -0.434 e. The van der Waals surface area contributed by atoms with E-state index in [-0.39, 0.29) is 23.4 Å². The average molecular weight is 399 g/mol. The van der Waals surface area contributed by atoms with Crippen molar-refractivity contribution in [3.8, 4) is 11.6 Å². The molecule has 1 atom stereocenters. The van der Waals surface area contributed by atoms with Crippen molar-refractivity contribution >= 4 is 23.1 Å². The molecule has 0 saturated carbocycles. The molecule has 0 amide bonds. The number of nitro groups is 1. The summed E-state index contributed by atoms with van der Waals surface area (Å²) >= 11 is 6.18. The smallest absolute Gasteiger partial charge is 0.373 e. The van der Waals surface area contributed by atoms with Gasteiger partial charge in [0.05, 0.1) is 11.0 Å². The van der Waals surface area contributed by atoms with Crippen LogP contribution in [0.2, 0.25) is 5.02 Å². The summed E-state index contributed by atoms with van der Waals surface area (Å²) in [6.45, 7) is 5.57. The number of ether oxygens (including phenoxy) is 1. The van der Waals surface area contributed by atoms with Crippen LogP contribution in [-0.4, -0.2) is 14.9 Å². The molecule has 3 rings (SSSR count). The highest BCUT2D eigenvalue weighted by Crippen LogP contribution is 2.37. The highest BCUT2D eigenvalue weighted by molar-refractivity contribution is 6.32. The fourth-order valence-corrected chi connectivity index (χ4v) is 2.92. The van der Waals surface area contributed by atoms with Gasteiger partial charge in [-0.2, -0.15) is 4.98 Å². The lowest BCUT2D eigenvalue weighted by Gasteiger charge is -2.15. The minimum atomic E-state index is -0.551. The number of anilines is 1. The van der Waals surface area contributed by atoms with E-state index in [9.17, 15) is 10.1 Å². The largest absolute Gasteiger partial charge is 0.434 e. The zero-order valence-corrected chi connectivity index (χ0v) is 16.4. The summed E-state index contributed by atoms with van der Waals surface area (Å²) in [5.41, 5.74) is 2.27. The summed E-state index contributed by atoms with van der Waals surface area (Å²) in [5.74, 6) is 0.376. The maximum absolute atomic E-state index is 11.7. The van der Waals surface area contributed by atoms with Crippen LogP contribution in [0.15, 0.2) is 48.8 Å². The highest BCUT2D eigenvalue weighted by Gasteiger charge is 2.26. The van der Waals surface area contributed by atoms with Crippen LogP contribution in [0, 0.1) is 24.0 Å². The zero-order chi connectivity index (χ0) is 20.3. The second-order valence-corrected chi connectivity index (χ2v) is 6.76. The van der Waals surface area contributed by atoms with Gasteiger partial charge in [0, 0.05) is 5.02 Å². The number of rotatable bonds is 6. The van der Waals surface area contributed by atoms with E-state index in [4.69, 9.17) is 16.3 Å². The predicted molar refractivity (Wildman–Crippen MR) is 108 cm³/mol. The fourth-order valence-electron chi connectivity index (χ4n) is 2.81. The van der Waals surface area contributed by atoms with Crippen LogP contribution in [0.25, 0.3) is 0 Å². The first-order chi connectivity index (χ1) is 13.4. The molecule has 0 bridgehead atoms. The summed E-state index contributed by atoms with van der Waals surface area (Å²) in [6, 6.07) is 12.8. The highest BCUT2D eigenvalue weighted by atomic mass is 35.5. The standard InChI is InChI=1S/C20H19ClN4O3/c1-12-9-16(10-13(2)17(12)21)28-20-18(25(26)27)19(22-11-23-20)24-14(3)15-7-5-4-6-8-15/h4-11,14H,1-3H3,(H,22,23,24). The maximum Gasteiger partial charge on any atom is 0.373 e. The van der Waals surface area contributed by atoms with Crippen molar-refractivity contribution in [2.75, 3.05) is 5.32 Å². The molecule has 0 aliphatic carbocycles. The van der Waals surface area contributed by atoms with Crippen LogP contribution < -0.4 is 10.1 Å². The number of aryl methyl sites for hydroxylation is 2. The third kappa shape index (κ3) is 4.20. The van der Waals surface area contributed by atoms with Crippen molar-refractivity contribution in [2.24, 2.45) is 0 Å². The molecule has 8 heteroatoms. The molecule has 1 N–H and O–H groups in total. The van der Waals surface area contributed by atoms with Crippen LogP contribution in [-0.2, 0) is 0 Å². The molecule has 1 heterocycles. The van der Waals surface area contributed by atoms with E-state index in [1.807, 2.05) is 51.1 Å². The van der Waals surface area contributed by atoms with Crippen molar-refractivity contribution < 1.29 is 9.66 Å². The molecule has 7 nitrogen and oxygen atoms in total. The SMILES string of the molecule is Cc1cc(Oc2ncnc(NC(C)c3ccccc3)c2[N+](=O)[O-])cc(C)c1Cl. The zero-order valence-electron chi connectivity index (χ0n) is 15.6. The van der Waals surface area contributed by atoms with Gasteiger partial charge in [-0.25, -0.2) is 4.98 Å². The van der Waals surface area contributed by atoms with E-state index in [0.29, 0.717) is 10.8 Å². The van der Waals surface area contributed by atoms with Crippen LogP contribution >= 0.6 is 11.6 Å². The summed E-state index contributed by atoms with van der Waals surface area (Å²) in [7, 11) is 0. The van der Waals surface area contributed by atoms with Crippen molar-refractivity contribution in [3.63, 3.8) is 0 Å². The van der Waals surface area contributed by atoms with Crippen LogP contribution in [0.4, 0.5) is 11.5 Å². The third-order valence-corrected chi connectivity index (χ3v) is 4.84. The van der Waals surface area contributed by atoms with Crippen molar-refractivity contribution in [1.82, 2.24) is 9.97 Å². The molecule has 3 aromatic rings. The normalized spacial score (nSPS) is 11.7. The Kier molecular flexibility index (Phi) is 5.75. The van der Waals surface area contributed by atoms with Gasteiger partial charge in [-0.3, -0.25) is 10.1 Å². The molecule has 0 aliphatic heterocycles. The van der Waals surface area contributed by atoms with Gasteiger partial charge in [0.1, 0.15) is 12.1 Å². The Balaban J connectivity index is 1.95. The topological polar surface area (TPSA) is 90.2 Å². The summed E-state index contributed by atoms with van der Waals surface area (Å²) in [4.78, 5) is 19.2. The summed E-state index contributed by atoms with van der Waals surface area (Å²) in [5, 5.41) is 15.4. The van der Waals surface area contributed by atoms with E-state index in [1.54, 1.807) is 12.1 Å². The molecule has 2 aromatic carbocycles. The molecule has 0 saturated heterocycles. The van der Waals surface area contributed by atoms with Crippen molar-refractivity contribution in [1.29, 1.82) is 0 Å². The molecule has 0 radical (unpaired) electrons. The number of nitrogens with zero attached hydrogens (tertiary/aromatic N) is 3. The van der Waals surface area contributed by atoms with Gasteiger partial charge in [0.2, 0.25) is 5.82 Å². The van der Waals surface area contributed by atoms with Crippen LogP contribution in [0.5, 0.6) is 11.6 Å². The summed E-state index contributed by atoms with van der Waals surface area (Å²) < 4.78 is 5.72. The molecule has 144 valence electrons. The molecule has 0 fully saturated rings. The number of hydrogen-bond acceptors (Lipinski definition) is 6.